The first-order valence-corrected chi connectivity index (χ1v) is 10.6. The summed E-state index contributed by atoms with van der Waals surface area (Å²) in [6.45, 7) is 8.53. The van der Waals surface area contributed by atoms with Gasteiger partial charge in [0.2, 0.25) is 0 Å². The van der Waals surface area contributed by atoms with Crippen molar-refractivity contribution in [2.45, 2.75) is 37.9 Å². The molecule has 0 saturated carbocycles. The van der Waals surface area contributed by atoms with Gasteiger partial charge in [-0.1, -0.05) is 17.8 Å². The first kappa shape index (κ1) is 19.2. The second-order valence-electron chi connectivity index (χ2n) is 6.51. The highest BCUT2D eigenvalue weighted by Crippen LogP contribution is 2.34. The zero-order chi connectivity index (χ0) is 19.8. The van der Waals surface area contributed by atoms with Crippen molar-refractivity contribution in [3.63, 3.8) is 0 Å². The normalized spacial score (nSPS) is 13.4. The highest BCUT2D eigenvalue weighted by Gasteiger charge is 2.20. The van der Waals surface area contributed by atoms with Gasteiger partial charge in [0.15, 0.2) is 11.9 Å². The molecule has 1 aromatic carbocycles. The van der Waals surface area contributed by atoms with Gasteiger partial charge >= 0.3 is 0 Å². The lowest BCUT2D eigenvalue weighted by atomic mass is 10.1. The average molecular weight is 419 g/mol. The molecule has 28 heavy (non-hydrogen) atoms. The van der Waals surface area contributed by atoms with E-state index in [9.17, 15) is 9.18 Å². The molecule has 3 aromatic rings. The molecule has 0 saturated heterocycles. The van der Waals surface area contributed by atoms with E-state index in [0.717, 1.165) is 20.8 Å². The molecule has 0 fully saturated rings. The number of nitrogens with zero attached hydrogens (tertiary/aromatic N) is 2. The third-order valence-electron chi connectivity index (χ3n) is 4.67. The Labute approximate surface area is 169 Å². The molecule has 0 radical (unpaired) electrons. The van der Waals surface area contributed by atoms with Crippen LogP contribution in [0.25, 0.3) is 10.2 Å². The monoisotopic (exact) mass is 418 g/mol. The maximum atomic E-state index is 14.0. The highest BCUT2D eigenvalue weighted by atomic mass is 32.2. The predicted octanol–water partition coefficient (Wildman–Crippen LogP) is 4.56. The van der Waals surface area contributed by atoms with Crippen LogP contribution in [0.3, 0.4) is 0 Å². The van der Waals surface area contributed by atoms with Crippen LogP contribution < -0.4 is 10.3 Å². The minimum Gasteiger partial charge on any atom is -0.467 e. The van der Waals surface area contributed by atoms with Crippen molar-refractivity contribution in [3.05, 3.63) is 62.5 Å². The third kappa shape index (κ3) is 3.36. The smallest absolute Gasteiger partial charge is 0.263 e. The summed E-state index contributed by atoms with van der Waals surface area (Å²) < 4.78 is 26.4. The summed E-state index contributed by atoms with van der Waals surface area (Å²) in [6, 6.07) is 2.89. The summed E-state index contributed by atoms with van der Waals surface area (Å²) in [5, 5.41) is 1.25. The Morgan fingerprint density at radius 1 is 1.43 bits per heavy atom. The van der Waals surface area contributed by atoms with E-state index < -0.39 is 0 Å². The number of aromatic nitrogens is 2. The van der Waals surface area contributed by atoms with Gasteiger partial charge in [0, 0.05) is 28.3 Å². The first-order chi connectivity index (χ1) is 13.5. The van der Waals surface area contributed by atoms with Crippen LogP contribution in [0.2, 0.25) is 0 Å². The molecule has 146 valence electrons. The Balaban J connectivity index is 1.74. The van der Waals surface area contributed by atoms with Gasteiger partial charge in [-0.25, -0.2) is 9.37 Å². The summed E-state index contributed by atoms with van der Waals surface area (Å²) in [6.07, 6.45) is 1.68. The van der Waals surface area contributed by atoms with Gasteiger partial charge in [0.25, 0.3) is 5.56 Å². The van der Waals surface area contributed by atoms with Crippen LogP contribution in [0.15, 0.2) is 34.7 Å². The second kappa shape index (κ2) is 7.69. The van der Waals surface area contributed by atoms with Crippen LogP contribution in [-0.4, -0.2) is 16.3 Å². The van der Waals surface area contributed by atoms with Gasteiger partial charge in [0.05, 0.1) is 12.0 Å². The van der Waals surface area contributed by atoms with Gasteiger partial charge in [-0.15, -0.1) is 17.9 Å². The van der Waals surface area contributed by atoms with Crippen LogP contribution in [0.5, 0.6) is 5.75 Å². The molecular weight excluding hydrogens is 399 g/mol. The average Bonchev–Trinajstić information content (AvgIpc) is 2.96. The molecule has 4 rings (SSSR count). The van der Waals surface area contributed by atoms with Crippen molar-refractivity contribution in [2.75, 3.05) is 6.79 Å². The summed E-state index contributed by atoms with van der Waals surface area (Å²) >= 11 is 2.91. The largest absolute Gasteiger partial charge is 0.467 e. The molecule has 1 aliphatic heterocycles. The number of hydrogen-bond donors (Lipinski definition) is 0. The number of rotatable bonds is 5. The number of benzene rings is 1. The zero-order valence-corrected chi connectivity index (χ0v) is 17.2. The van der Waals surface area contributed by atoms with Crippen LogP contribution in [-0.2, 0) is 23.6 Å². The molecule has 0 atom stereocenters. The minimum absolute atomic E-state index is 0.0693. The Bertz CT molecular complexity index is 1140. The van der Waals surface area contributed by atoms with Gasteiger partial charge < -0.3 is 9.47 Å². The molecule has 0 N–H and O–H groups in total. The van der Waals surface area contributed by atoms with E-state index in [-0.39, 0.29) is 18.2 Å². The SMILES string of the molecule is C=CCn1c(SCc2cc(F)cc3c2OCOC3)nc2sc(C)c(C)c2c1=O. The van der Waals surface area contributed by atoms with E-state index in [1.807, 2.05) is 13.8 Å². The molecule has 0 amide bonds. The minimum atomic E-state index is -0.333. The van der Waals surface area contributed by atoms with Gasteiger partial charge in [-0.3, -0.25) is 9.36 Å². The molecule has 3 heterocycles. The van der Waals surface area contributed by atoms with Crippen molar-refractivity contribution in [1.82, 2.24) is 9.55 Å². The Hall–Kier alpha value is -2.16. The van der Waals surface area contributed by atoms with Crippen LogP contribution >= 0.6 is 23.1 Å². The number of aryl methyl sites for hydroxylation is 2. The molecule has 0 bridgehead atoms. The van der Waals surface area contributed by atoms with Gasteiger partial charge in [-0.05, 0) is 31.5 Å². The van der Waals surface area contributed by atoms with E-state index in [4.69, 9.17) is 14.5 Å². The van der Waals surface area contributed by atoms with Crippen molar-refractivity contribution in [3.8, 4) is 5.75 Å². The zero-order valence-electron chi connectivity index (χ0n) is 15.6. The molecular formula is C20H19FN2O3S2. The van der Waals surface area contributed by atoms with E-state index >= 15 is 0 Å². The Morgan fingerprint density at radius 3 is 3.04 bits per heavy atom. The lowest BCUT2D eigenvalue weighted by Crippen LogP contribution is -2.22. The maximum absolute atomic E-state index is 14.0. The number of fused-ring (bicyclic) bond motifs is 2. The number of ether oxygens (including phenoxy) is 2. The first-order valence-electron chi connectivity index (χ1n) is 8.75. The van der Waals surface area contributed by atoms with Gasteiger partial charge in [-0.2, -0.15) is 0 Å². The predicted molar refractivity (Wildman–Crippen MR) is 110 cm³/mol. The van der Waals surface area contributed by atoms with Gasteiger partial charge in [0.1, 0.15) is 16.4 Å². The topological polar surface area (TPSA) is 53.4 Å². The Kier molecular flexibility index (Phi) is 5.27. The third-order valence-corrected chi connectivity index (χ3v) is 6.80. The summed E-state index contributed by atoms with van der Waals surface area (Å²) in [5.41, 5.74) is 2.32. The summed E-state index contributed by atoms with van der Waals surface area (Å²) in [4.78, 5) is 19.6. The standard InChI is InChI=1S/C20H19FN2O3S2/c1-4-5-23-19(24)16-11(2)12(3)28-18(16)22-20(23)27-9-14-7-15(21)6-13-8-25-10-26-17(13)14/h4,6-7H,1,5,8-10H2,2-3H3. The van der Waals surface area contributed by atoms with E-state index in [1.165, 1.54) is 35.2 Å². The van der Waals surface area contributed by atoms with Crippen molar-refractivity contribution < 1.29 is 13.9 Å². The fourth-order valence-corrected chi connectivity index (χ4v) is 5.26. The molecule has 5 nitrogen and oxygen atoms in total. The number of thioether (sulfide) groups is 1. The molecule has 0 spiro atoms. The van der Waals surface area contributed by atoms with E-state index in [0.29, 0.717) is 40.8 Å². The Morgan fingerprint density at radius 2 is 2.25 bits per heavy atom. The molecule has 8 heteroatoms. The molecule has 2 aromatic heterocycles. The lowest BCUT2D eigenvalue weighted by molar-refractivity contribution is -0.0171. The molecule has 0 aliphatic carbocycles. The number of thiophene rings is 1. The molecule has 0 unspecified atom stereocenters. The maximum Gasteiger partial charge on any atom is 0.263 e. The van der Waals surface area contributed by atoms with Crippen LogP contribution in [0.1, 0.15) is 21.6 Å². The van der Waals surface area contributed by atoms with Crippen LogP contribution in [0, 0.1) is 19.7 Å². The van der Waals surface area contributed by atoms with Crippen molar-refractivity contribution in [1.29, 1.82) is 0 Å². The number of allylic oxidation sites excluding steroid dienone is 1. The quantitative estimate of drug-likeness (QED) is 0.345. The van der Waals surface area contributed by atoms with Crippen LogP contribution in [0.4, 0.5) is 4.39 Å². The lowest BCUT2D eigenvalue weighted by Gasteiger charge is -2.21. The van der Waals surface area contributed by atoms with Crippen molar-refractivity contribution >= 4 is 33.3 Å². The summed E-state index contributed by atoms with van der Waals surface area (Å²) in [5.74, 6) is 0.750. The fourth-order valence-electron chi connectivity index (χ4n) is 3.22. The van der Waals surface area contributed by atoms with E-state index in [2.05, 4.69) is 6.58 Å². The van der Waals surface area contributed by atoms with E-state index in [1.54, 1.807) is 10.6 Å². The number of halogens is 1. The second-order valence-corrected chi connectivity index (χ2v) is 8.66. The molecule has 1 aliphatic rings. The summed E-state index contributed by atoms with van der Waals surface area (Å²) in [7, 11) is 0. The highest BCUT2D eigenvalue weighted by molar-refractivity contribution is 7.98. The fraction of sp³-hybridized carbons (Fsp3) is 0.300. The van der Waals surface area contributed by atoms with Crippen molar-refractivity contribution in [2.24, 2.45) is 0 Å². The number of hydrogen-bond acceptors (Lipinski definition) is 6.